The highest BCUT2D eigenvalue weighted by atomic mass is 127. The van der Waals surface area contributed by atoms with Gasteiger partial charge in [-0.15, -0.1) is 0 Å². The van der Waals surface area contributed by atoms with Gasteiger partial charge in [0.2, 0.25) is 23.6 Å². The largest absolute Gasteiger partial charge is 0.508 e. The third kappa shape index (κ3) is 4.28. The molecule has 2 aliphatic carbocycles. The van der Waals surface area contributed by atoms with Gasteiger partial charge in [0.15, 0.2) is 0 Å². The summed E-state index contributed by atoms with van der Waals surface area (Å²) in [7, 11) is 1.47. The number of ether oxygens (including phenoxy) is 1. The number of hydrogen-bond donors (Lipinski definition) is 1. The van der Waals surface area contributed by atoms with Crippen molar-refractivity contribution in [3.63, 3.8) is 0 Å². The number of methoxy groups -OCH3 is 1. The lowest BCUT2D eigenvalue weighted by Gasteiger charge is -2.49. The number of amides is 4. The molecule has 6 atom stereocenters. The summed E-state index contributed by atoms with van der Waals surface area (Å²) >= 11 is 8.22. The van der Waals surface area contributed by atoms with E-state index in [0.717, 1.165) is 20.1 Å². The topological polar surface area (TPSA) is 104 Å². The second-order valence-corrected chi connectivity index (χ2v) is 13.8. The molecule has 3 aromatic carbocycles. The smallest absolute Gasteiger partial charge is 0.241 e. The Morgan fingerprint density at radius 2 is 1.64 bits per heavy atom. The summed E-state index contributed by atoms with van der Waals surface area (Å²) in [5.74, 6) is -5.70. The SMILES string of the molecule is COc1ccc([C@H]2C3=CC[C@@H]4C(=O)N(c5ccc(I)cc5)C(=O)[C@@H]4[C@@H]3C[C@H]3C(=O)N(c4ccc(F)c(Cl)c4)C(=O)[C@@]23C)c(O)c1. The number of benzene rings is 3. The molecule has 8 nitrogen and oxygen atoms in total. The third-order valence-electron chi connectivity index (χ3n) is 10.1. The summed E-state index contributed by atoms with van der Waals surface area (Å²) in [5, 5.41) is 11.1. The molecule has 0 unspecified atom stereocenters. The standard InChI is InChI=1S/C34H27ClFIN2O6/c1-34-24(31(42)39(33(34)44)18-7-12-26(36)25(35)13-18)15-23-20(29(34)21-9-8-19(45-2)14-27(21)40)10-11-22-28(23)32(43)38(30(22)41)17-5-3-16(37)4-6-17/h3-10,12-14,22-24,28-29,40H,11,15H2,1-2H3/t22-,23+,24-,28-,29+,34+/m0/s1. The molecular formula is C34H27ClFIN2O6. The molecule has 2 aliphatic heterocycles. The van der Waals surface area contributed by atoms with Gasteiger partial charge in [-0.3, -0.25) is 24.1 Å². The molecule has 230 valence electrons. The van der Waals surface area contributed by atoms with Gasteiger partial charge in [0.05, 0.1) is 46.7 Å². The highest BCUT2D eigenvalue weighted by Gasteiger charge is 2.68. The average molecular weight is 741 g/mol. The van der Waals surface area contributed by atoms with E-state index >= 15 is 0 Å². The highest BCUT2D eigenvalue weighted by molar-refractivity contribution is 14.1. The minimum atomic E-state index is -1.37. The minimum Gasteiger partial charge on any atom is -0.508 e. The maximum atomic E-state index is 14.5. The molecule has 7 rings (SSSR count). The van der Waals surface area contributed by atoms with Gasteiger partial charge < -0.3 is 9.84 Å². The van der Waals surface area contributed by atoms with E-state index in [-0.39, 0.29) is 41.1 Å². The van der Waals surface area contributed by atoms with Crippen molar-refractivity contribution in [2.75, 3.05) is 16.9 Å². The molecule has 1 saturated carbocycles. The summed E-state index contributed by atoms with van der Waals surface area (Å²) in [4.78, 5) is 58.9. The first-order valence-corrected chi connectivity index (χ1v) is 16.0. The molecule has 1 N–H and O–H groups in total. The van der Waals surface area contributed by atoms with Crippen LogP contribution in [-0.2, 0) is 19.2 Å². The van der Waals surface area contributed by atoms with Crippen LogP contribution in [0.15, 0.2) is 72.3 Å². The zero-order chi connectivity index (χ0) is 31.9. The second-order valence-electron chi connectivity index (χ2n) is 12.2. The molecule has 3 aromatic rings. The number of anilines is 2. The number of allylic oxidation sites excluding steroid dienone is 2. The molecule has 0 aromatic heterocycles. The predicted molar refractivity (Wildman–Crippen MR) is 172 cm³/mol. The summed E-state index contributed by atoms with van der Waals surface area (Å²) in [6.07, 6.45) is 2.33. The molecule has 3 fully saturated rings. The number of rotatable bonds is 4. The molecular weight excluding hydrogens is 714 g/mol. The van der Waals surface area contributed by atoms with Crippen LogP contribution in [0.4, 0.5) is 15.8 Å². The van der Waals surface area contributed by atoms with E-state index < -0.39 is 52.6 Å². The normalized spacial score (nSPS) is 29.0. The maximum Gasteiger partial charge on any atom is 0.241 e. The first kappa shape index (κ1) is 29.9. The van der Waals surface area contributed by atoms with Gasteiger partial charge >= 0.3 is 0 Å². The zero-order valence-electron chi connectivity index (χ0n) is 24.2. The second kappa shape index (κ2) is 10.7. The van der Waals surface area contributed by atoms with Crippen LogP contribution < -0.4 is 14.5 Å². The molecule has 0 radical (unpaired) electrons. The number of nitrogens with zero attached hydrogens (tertiary/aromatic N) is 2. The lowest BCUT2D eigenvalue weighted by molar-refractivity contribution is -0.131. The highest BCUT2D eigenvalue weighted by Crippen LogP contribution is 2.64. The molecule has 0 spiro atoms. The van der Waals surface area contributed by atoms with Gasteiger partial charge in [-0.2, -0.15) is 0 Å². The number of carbonyl (C=O) groups is 4. The Kier molecular flexibility index (Phi) is 7.08. The van der Waals surface area contributed by atoms with E-state index in [1.54, 1.807) is 31.2 Å². The Hall–Kier alpha value is -3.77. The van der Waals surface area contributed by atoms with E-state index in [2.05, 4.69) is 22.6 Å². The molecule has 4 amide bonds. The van der Waals surface area contributed by atoms with Gasteiger partial charge in [0.25, 0.3) is 0 Å². The fraction of sp³-hybridized carbons (Fsp3) is 0.294. The molecule has 45 heavy (non-hydrogen) atoms. The van der Waals surface area contributed by atoms with Crippen molar-refractivity contribution in [1.29, 1.82) is 0 Å². The van der Waals surface area contributed by atoms with Crippen LogP contribution >= 0.6 is 34.2 Å². The molecule has 2 saturated heterocycles. The van der Waals surface area contributed by atoms with E-state index in [9.17, 15) is 28.7 Å². The Balaban J connectivity index is 1.37. The monoisotopic (exact) mass is 740 g/mol. The van der Waals surface area contributed by atoms with Crippen LogP contribution in [0, 0.1) is 38.5 Å². The van der Waals surface area contributed by atoms with Crippen LogP contribution in [0.3, 0.4) is 0 Å². The van der Waals surface area contributed by atoms with Crippen LogP contribution in [0.2, 0.25) is 5.02 Å². The number of imide groups is 2. The van der Waals surface area contributed by atoms with Crippen LogP contribution in [0.25, 0.3) is 0 Å². The maximum absolute atomic E-state index is 14.5. The van der Waals surface area contributed by atoms with Gasteiger partial charge in [0.1, 0.15) is 17.3 Å². The Bertz CT molecular complexity index is 1850. The summed E-state index contributed by atoms with van der Waals surface area (Å²) in [5.41, 5.74) is 0.389. The Labute approximate surface area is 276 Å². The number of carbonyl (C=O) groups excluding carboxylic acids is 4. The van der Waals surface area contributed by atoms with E-state index in [0.29, 0.717) is 17.0 Å². The number of phenolic OH excluding ortho intramolecular Hbond substituents is 1. The zero-order valence-corrected chi connectivity index (χ0v) is 27.1. The van der Waals surface area contributed by atoms with Gasteiger partial charge in [0, 0.05) is 21.1 Å². The lowest BCUT2D eigenvalue weighted by Crippen LogP contribution is -2.48. The summed E-state index contributed by atoms with van der Waals surface area (Å²) in [6.45, 7) is 1.71. The van der Waals surface area contributed by atoms with E-state index in [1.165, 1.54) is 30.2 Å². The third-order valence-corrected chi connectivity index (χ3v) is 11.1. The quantitative estimate of drug-likeness (QED) is 0.193. The van der Waals surface area contributed by atoms with Crippen LogP contribution in [0.5, 0.6) is 11.5 Å². The van der Waals surface area contributed by atoms with Crippen molar-refractivity contribution >= 4 is 69.2 Å². The number of aromatic hydroxyl groups is 1. The van der Waals surface area contributed by atoms with E-state index in [4.69, 9.17) is 16.3 Å². The van der Waals surface area contributed by atoms with Crippen molar-refractivity contribution in [1.82, 2.24) is 0 Å². The Morgan fingerprint density at radius 3 is 2.31 bits per heavy atom. The fourth-order valence-electron chi connectivity index (χ4n) is 7.97. The molecule has 4 aliphatic rings. The van der Waals surface area contributed by atoms with Crippen molar-refractivity contribution in [2.24, 2.45) is 29.1 Å². The molecule has 0 bridgehead atoms. The average Bonchev–Trinajstić information content (AvgIpc) is 3.39. The van der Waals surface area contributed by atoms with Crippen molar-refractivity contribution in [3.05, 3.63) is 92.3 Å². The minimum absolute atomic E-state index is 0.124. The molecule has 2 heterocycles. The first-order chi connectivity index (χ1) is 21.5. The van der Waals surface area contributed by atoms with Crippen molar-refractivity contribution in [3.8, 4) is 11.5 Å². The predicted octanol–water partition coefficient (Wildman–Crippen LogP) is 6.23. The number of hydrogen-bond acceptors (Lipinski definition) is 6. The van der Waals surface area contributed by atoms with Crippen LogP contribution in [-0.4, -0.2) is 35.8 Å². The van der Waals surface area contributed by atoms with Gasteiger partial charge in [-0.25, -0.2) is 9.29 Å². The molecule has 11 heteroatoms. The summed E-state index contributed by atoms with van der Waals surface area (Å²) in [6, 6.07) is 15.6. The van der Waals surface area contributed by atoms with Crippen LogP contribution in [0.1, 0.15) is 31.2 Å². The Morgan fingerprint density at radius 1 is 0.933 bits per heavy atom. The van der Waals surface area contributed by atoms with Crippen molar-refractivity contribution in [2.45, 2.75) is 25.7 Å². The lowest BCUT2D eigenvalue weighted by atomic mass is 9.51. The number of phenols is 1. The van der Waals surface area contributed by atoms with Crippen molar-refractivity contribution < 1.29 is 33.4 Å². The fourth-order valence-corrected chi connectivity index (χ4v) is 8.50. The van der Waals surface area contributed by atoms with Gasteiger partial charge in [-0.05, 0) is 96.8 Å². The van der Waals surface area contributed by atoms with E-state index in [1.807, 2.05) is 18.2 Å². The number of fused-ring (bicyclic) bond motifs is 4. The summed E-state index contributed by atoms with van der Waals surface area (Å²) < 4.78 is 20.3. The number of halogens is 3. The first-order valence-electron chi connectivity index (χ1n) is 14.5. The van der Waals surface area contributed by atoms with Gasteiger partial charge in [-0.1, -0.05) is 29.3 Å².